The van der Waals surface area contributed by atoms with Crippen LogP contribution >= 0.6 is 23.4 Å². The maximum atomic E-state index is 6.02. The van der Waals surface area contributed by atoms with Crippen LogP contribution in [0, 0.1) is 6.92 Å². The molecular formula is C24H22ClN3O2S. The Morgan fingerprint density at radius 1 is 0.903 bits per heavy atom. The summed E-state index contributed by atoms with van der Waals surface area (Å²) >= 11 is 7.65. The molecule has 0 aliphatic carbocycles. The lowest BCUT2D eigenvalue weighted by atomic mass is 10.1. The fourth-order valence-electron chi connectivity index (χ4n) is 3.29. The summed E-state index contributed by atoms with van der Waals surface area (Å²) in [7, 11) is 3.25. The topological polar surface area (TPSA) is 49.2 Å². The van der Waals surface area contributed by atoms with Crippen LogP contribution in [0.4, 0.5) is 0 Å². The van der Waals surface area contributed by atoms with Crippen molar-refractivity contribution < 1.29 is 9.47 Å². The number of hydrogen-bond acceptors (Lipinski definition) is 5. The highest BCUT2D eigenvalue weighted by atomic mass is 35.5. The monoisotopic (exact) mass is 451 g/mol. The molecule has 0 N–H and O–H groups in total. The van der Waals surface area contributed by atoms with Crippen LogP contribution in [0.25, 0.3) is 17.1 Å². The Labute approximate surface area is 191 Å². The number of methoxy groups -OCH3 is 2. The Bertz CT molecular complexity index is 1190. The molecule has 4 rings (SSSR count). The Morgan fingerprint density at radius 3 is 2.35 bits per heavy atom. The third kappa shape index (κ3) is 4.55. The van der Waals surface area contributed by atoms with Crippen molar-refractivity contribution >= 4 is 23.4 Å². The highest BCUT2D eigenvalue weighted by molar-refractivity contribution is 7.98. The van der Waals surface area contributed by atoms with Crippen LogP contribution in [-0.4, -0.2) is 29.0 Å². The van der Waals surface area contributed by atoms with Crippen molar-refractivity contribution in [3.63, 3.8) is 0 Å². The van der Waals surface area contributed by atoms with Crippen molar-refractivity contribution in [3.05, 3.63) is 82.9 Å². The van der Waals surface area contributed by atoms with Crippen molar-refractivity contribution in [1.82, 2.24) is 14.8 Å². The molecule has 0 atom stereocenters. The van der Waals surface area contributed by atoms with Gasteiger partial charge in [-0.2, -0.15) is 0 Å². The largest absolute Gasteiger partial charge is 0.493 e. The highest BCUT2D eigenvalue weighted by Crippen LogP contribution is 2.35. The minimum absolute atomic E-state index is 0.648. The maximum absolute atomic E-state index is 6.02. The first kappa shape index (κ1) is 21.3. The van der Waals surface area contributed by atoms with E-state index in [1.54, 1.807) is 26.0 Å². The maximum Gasteiger partial charge on any atom is 0.196 e. The van der Waals surface area contributed by atoms with E-state index in [9.17, 15) is 0 Å². The number of ether oxygens (including phenoxy) is 2. The quantitative estimate of drug-likeness (QED) is 0.313. The van der Waals surface area contributed by atoms with Gasteiger partial charge in [-0.25, -0.2) is 0 Å². The Balaban J connectivity index is 1.77. The molecular weight excluding hydrogens is 430 g/mol. The number of benzene rings is 3. The summed E-state index contributed by atoms with van der Waals surface area (Å²) in [5, 5.41) is 10.6. The lowest BCUT2D eigenvalue weighted by molar-refractivity contribution is 0.355. The summed E-state index contributed by atoms with van der Waals surface area (Å²) in [5.74, 6) is 2.82. The average Bonchev–Trinajstić information content (AvgIpc) is 3.22. The van der Waals surface area contributed by atoms with Gasteiger partial charge in [-0.05, 0) is 54.4 Å². The van der Waals surface area contributed by atoms with Crippen LogP contribution < -0.4 is 9.47 Å². The predicted molar refractivity (Wildman–Crippen MR) is 126 cm³/mol. The molecule has 5 nitrogen and oxygen atoms in total. The smallest absolute Gasteiger partial charge is 0.196 e. The van der Waals surface area contributed by atoms with E-state index in [0.717, 1.165) is 38.6 Å². The minimum atomic E-state index is 0.648. The second-order valence-corrected chi connectivity index (χ2v) is 8.29. The summed E-state index contributed by atoms with van der Waals surface area (Å²) in [5.41, 5.74) is 4.24. The van der Waals surface area contributed by atoms with Crippen LogP contribution in [0.15, 0.2) is 71.9 Å². The van der Waals surface area contributed by atoms with Gasteiger partial charge in [0.25, 0.3) is 0 Å². The second kappa shape index (κ2) is 9.45. The lowest BCUT2D eigenvalue weighted by Crippen LogP contribution is -2.02. The van der Waals surface area contributed by atoms with Gasteiger partial charge in [0.2, 0.25) is 0 Å². The predicted octanol–water partition coefficient (Wildman–Crippen LogP) is 6.21. The molecule has 4 aromatic rings. The molecule has 0 unspecified atom stereocenters. The Kier molecular flexibility index (Phi) is 6.49. The number of thioether (sulfide) groups is 1. The second-order valence-electron chi connectivity index (χ2n) is 6.91. The molecule has 0 fully saturated rings. The molecule has 0 saturated carbocycles. The molecule has 31 heavy (non-hydrogen) atoms. The Morgan fingerprint density at radius 2 is 1.65 bits per heavy atom. The van der Waals surface area contributed by atoms with E-state index in [-0.39, 0.29) is 0 Å². The van der Waals surface area contributed by atoms with Gasteiger partial charge < -0.3 is 9.47 Å². The van der Waals surface area contributed by atoms with Crippen molar-refractivity contribution in [3.8, 4) is 28.6 Å². The molecule has 0 spiro atoms. The number of para-hydroxylation sites is 1. The van der Waals surface area contributed by atoms with Crippen LogP contribution in [0.2, 0.25) is 5.02 Å². The normalized spacial score (nSPS) is 10.8. The third-order valence-electron chi connectivity index (χ3n) is 4.91. The molecule has 1 heterocycles. The summed E-state index contributed by atoms with van der Waals surface area (Å²) in [6.45, 7) is 2.08. The zero-order chi connectivity index (χ0) is 21.8. The van der Waals surface area contributed by atoms with Crippen LogP contribution in [0.5, 0.6) is 11.5 Å². The van der Waals surface area contributed by atoms with E-state index >= 15 is 0 Å². The molecule has 0 radical (unpaired) electrons. The summed E-state index contributed by atoms with van der Waals surface area (Å²) in [4.78, 5) is 0. The Hall–Kier alpha value is -2.96. The summed E-state index contributed by atoms with van der Waals surface area (Å²) in [6.07, 6.45) is 0. The SMILES string of the molecule is COc1ccc(-c2nnc(SCc3ccc(Cl)cc3)n2-c2ccccc2C)cc1OC. The van der Waals surface area contributed by atoms with Crippen LogP contribution in [0.1, 0.15) is 11.1 Å². The van der Waals surface area contributed by atoms with E-state index in [1.807, 2.05) is 54.6 Å². The molecule has 158 valence electrons. The highest BCUT2D eigenvalue weighted by Gasteiger charge is 2.19. The first-order valence-electron chi connectivity index (χ1n) is 9.71. The van der Waals surface area contributed by atoms with E-state index in [0.29, 0.717) is 11.5 Å². The molecule has 3 aromatic carbocycles. The van der Waals surface area contributed by atoms with Gasteiger partial charge >= 0.3 is 0 Å². The van der Waals surface area contributed by atoms with Crippen molar-refractivity contribution in [1.29, 1.82) is 0 Å². The molecule has 0 aliphatic heterocycles. The van der Waals surface area contributed by atoms with Gasteiger partial charge in [-0.1, -0.05) is 53.7 Å². The zero-order valence-electron chi connectivity index (χ0n) is 17.5. The minimum Gasteiger partial charge on any atom is -0.493 e. The van der Waals surface area contributed by atoms with Crippen LogP contribution in [-0.2, 0) is 5.75 Å². The third-order valence-corrected chi connectivity index (χ3v) is 6.16. The molecule has 1 aromatic heterocycles. The molecule has 0 bridgehead atoms. The number of rotatable bonds is 7. The molecule has 0 saturated heterocycles. The fourth-order valence-corrected chi connectivity index (χ4v) is 4.31. The number of halogens is 1. The van der Waals surface area contributed by atoms with Gasteiger partial charge in [0.1, 0.15) is 0 Å². The summed E-state index contributed by atoms with van der Waals surface area (Å²) < 4.78 is 13.0. The van der Waals surface area contributed by atoms with E-state index < -0.39 is 0 Å². The van der Waals surface area contributed by atoms with E-state index in [2.05, 4.69) is 33.8 Å². The van der Waals surface area contributed by atoms with E-state index in [1.165, 1.54) is 5.56 Å². The molecule has 7 heteroatoms. The van der Waals surface area contributed by atoms with Gasteiger partial charge in [0.05, 0.1) is 19.9 Å². The van der Waals surface area contributed by atoms with Crippen molar-refractivity contribution in [2.45, 2.75) is 17.8 Å². The van der Waals surface area contributed by atoms with Gasteiger partial charge in [-0.15, -0.1) is 10.2 Å². The zero-order valence-corrected chi connectivity index (χ0v) is 19.1. The number of aryl methyl sites for hydroxylation is 1. The number of hydrogen-bond donors (Lipinski definition) is 0. The molecule has 0 aliphatic rings. The fraction of sp³-hybridized carbons (Fsp3) is 0.167. The van der Waals surface area contributed by atoms with Crippen molar-refractivity contribution in [2.24, 2.45) is 0 Å². The lowest BCUT2D eigenvalue weighted by Gasteiger charge is -2.14. The van der Waals surface area contributed by atoms with Crippen molar-refractivity contribution in [2.75, 3.05) is 14.2 Å². The average molecular weight is 452 g/mol. The number of aromatic nitrogens is 3. The summed E-state index contributed by atoms with van der Waals surface area (Å²) in [6, 6.07) is 21.8. The first-order valence-corrected chi connectivity index (χ1v) is 11.1. The molecule has 0 amide bonds. The van der Waals surface area contributed by atoms with Gasteiger partial charge in [-0.3, -0.25) is 4.57 Å². The first-order chi connectivity index (χ1) is 15.1. The van der Waals surface area contributed by atoms with Gasteiger partial charge in [0, 0.05) is 16.3 Å². The number of nitrogens with zero attached hydrogens (tertiary/aromatic N) is 3. The standard InChI is InChI=1S/C24H22ClN3O2S/c1-16-6-4-5-7-20(16)28-23(18-10-13-21(29-2)22(14-18)30-3)26-27-24(28)31-15-17-8-11-19(25)12-9-17/h4-14H,15H2,1-3H3. The van der Waals surface area contributed by atoms with Crippen LogP contribution in [0.3, 0.4) is 0 Å². The van der Waals surface area contributed by atoms with E-state index in [4.69, 9.17) is 21.1 Å². The van der Waals surface area contributed by atoms with Gasteiger partial charge in [0.15, 0.2) is 22.5 Å².